The monoisotopic (exact) mass is 831 g/mol. The van der Waals surface area contributed by atoms with E-state index in [1.54, 1.807) is 12.1 Å². The number of unbranched alkanes of at least 4 members (excludes halogenated alkanes) is 2. The van der Waals surface area contributed by atoms with Gasteiger partial charge in [0.1, 0.15) is 26.3 Å². The average molecular weight is 835 g/mol. The van der Waals surface area contributed by atoms with Gasteiger partial charge in [-0.25, -0.2) is 0 Å². The van der Waals surface area contributed by atoms with Gasteiger partial charge in [0.15, 0.2) is 11.5 Å². The molecule has 1 aromatic carbocycles. The Morgan fingerprint density at radius 3 is 1.62 bits per heavy atom. The number of carbonyl (C=O) groups is 2. The van der Waals surface area contributed by atoms with Crippen molar-refractivity contribution in [1.29, 1.82) is 0 Å². The molecule has 0 saturated carbocycles. The van der Waals surface area contributed by atoms with E-state index < -0.39 is 0 Å². The highest BCUT2D eigenvalue weighted by Crippen LogP contribution is 2.39. The zero-order chi connectivity index (χ0) is 32.1. The van der Waals surface area contributed by atoms with Crippen LogP contribution in [0.15, 0.2) is 12.1 Å². The van der Waals surface area contributed by atoms with Crippen molar-refractivity contribution in [3.63, 3.8) is 0 Å². The lowest BCUT2D eigenvalue weighted by atomic mass is 10.1. The van der Waals surface area contributed by atoms with Crippen LogP contribution in [0.3, 0.4) is 0 Å². The summed E-state index contributed by atoms with van der Waals surface area (Å²) in [6.45, 7) is 25.4. The van der Waals surface area contributed by atoms with E-state index in [2.05, 4.69) is 62.8 Å². The summed E-state index contributed by atoms with van der Waals surface area (Å²) in [5.41, 5.74) is 0.479. The fourth-order valence-electron chi connectivity index (χ4n) is 5.30. The first-order valence-electron chi connectivity index (χ1n) is 16.5. The number of carbonyl (C=O) groups excluding carboxylic acids is 2. The van der Waals surface area contributed by atoms with Crippen LogP contribution >= 0.6 is 15.9 Å². The fourth-order valence-corrected chi connectivity index (χ4v) is 5.46. The van der Waals surface area contributed by atoms with Gasteiger partial charge in [-0.05, 0) is 73.4 Å². The molecule has 0 bridgehead atoms. The molecule has 0 unspecified atom stereocenters. The minimum absolute atomic E-state index is 0. The number of ether oxygens (including phenoxy) is 4. The lowest BCUT2D eigenvalue weighted by molar-refractivity contribution is -0.923. The third-order valence-electron chi connectivity index (χ3n) is 8.93. The Morgan fingerprint density at radius 2 is 1.20 bits per heavy atom. The molecule has 0 saturated heterocycles. The fraction of sp³-hybridized carbons (Fsp3) is 0.758. The maximum absolute atomic E-state index is 13.3. The lowest BCUT2D eigenvalue weighted by Crippen LogP contribution is -3.00. The molecule has 0 spiro atoms. The molecule has 0 aliphatic heterocycles. The molecule has 0 heterocycles. The molecule has 0 aliphatic rings. The van der Waals surface area contributed by atoms with Gasteiger partial charge in [0.05, 0.1) is 52.5 Å². The molecule has 45 heavy (non-hydrogen) atoms. The van der Waals surface area contributed by atoms with Crippen molar-refractivity contribution in [3.05, 3.63) is 17.7 Å². The number of hydrogen-bond donors (Lipinski definition) is 1. The number of likely N-dealkylation sites (N-methyl/N-ethyl adjacent to an activating group) is 2. The van der Waals surface area contributed by atoms with Gasteiger partial charge in [-0.15, -0.1) is 0 Å². The number of nitrogens with one attached hydrogen (secondary N) is 1. The van der Waals surface area contributed by atoms with Crippen molar-refractivity contribution in [2.45, 2.75) is 74.1 Å². The summed E-state index contributed by atoms with van der Waals surface area (Å²) >= 11 is 3.47. The number of esters is 1. The number of rotatable bonds is 25. The van der Waals surface area contributed by atoms with Crippen molar-refractivity contribution in [2.75, 3.05) is 90.7 Å². The van der Waals surface area contributed by atoms with Gasteiger partial charge in [-0.1, -0.05) is 22.4 Å². The zero-order valence-corrected chi connectivity index (χ0v) is 33.6. The number of halogens is 3. The van der Waals surface area contributed by atoms with Crippen LogP contribution in [-0.4, -0.2) is 112 Å². The number of nitrogens with zero attached hydrogens (tertiary/aromatic N) is 2. The Hall–Kier alpha value is -1.08. The molecular formula is C33H60Br3N3O6. The number of quaternary nitrogens is 2. The maximum Gasteiger partial charge on any atom is 0.305 e. The standard InChI is InChI=1S/C33H59BrN3O6.2BrH/c1-8-36(9-2,10-3)21-24-41-29-26-28(33(39)35-20-17-15-16-18-31(38)40-14-7)27-30(32(29)43-23-19-34)42-25-22-37(11-4,12-5)13-6;;/h26-27H,8-25H2,1-7H3;2*1H/q+1;;/p-1. The number of amides is 1. The molecule has 0 atom stereocenters. The summed E-state index contributed by atoms with van der Waals surface area (Å²) in [5, 5.41) is 3.68. The minimum atomic E-state index is -0.186. The second-order valence-electron chi connectivity index (χ2n) is 10.9. The summed E-state index contributed by atoms with van der Waals surface area (Å²) in [6.07, 6.45) is 2.76. The molecule has 0 fully saturated rings. The topological polar surface area (TPSA) is 83.1 Å². The van der Waals surface area contributed by atoms with E-state index >= 15 is 0 Å². The quantitative estimate of drug-likeness (QED) is 0.0639. The molecule has 1 N–H and O–H groups in total. The van der Waals surface area contributed by atoms with E-state index in [-0.39, 0.29) is 45.8 Å². The van der Waals surface area contributed by atoms with E-state index in [0.717, 1.165) is 80.6 Å². The highest BCUT2D eigenvalue weighted by atomic mass is 79.9. The summed E-state index contributed by atoms with van der Waals surface area (Å²) in [6, 6.07) is 3.55. The zero-order valence-electron chi connectivity index (χ0n) is 28.9. The first kappa shape index (κ1) is 46.0. The second-order valence-corrected chi connectivity index (χ2v) is 11.7. The molecule has 1 amide bonds. The van der Waals surface area contributed by atoms with Crippen LogP contribution in [0.4, 0.5) is 0 Å². The van der Waals surface area contributed by atoms with E-state index in [1.165, 1.54) is 0 Å². The average Bonchev–Trinajstić information content (AvgIpc) is 3.03. The van der Waals surface area contributed by atoms with Crippen LogP contribution in [0.1, 0.15) is 84.5 Å². The van der Waals surface area contributed by atoms with Gasteiger partial charge in [0.25, 0.3) is 5.91 Å². The van der Waals surface area contributed by atoms with Gasteiger partial charge >= 0.3 is 5.97 Å². The molecule has 0 aliphatic carbocycles. The lowest BCUT2D eigenvalue weighted by Gasteiger charge is -2.36. The largest absolute Gasteiger partial charge is 1.00 e. The smallest absolute Gasteiger partial charge is 0.305 e. The normalized spacial score (nSPS) is 11.2. The van der Waals surface area contributed by atoms with Crippen molar-refractivity contribution < 1.29 is 71.5 Å². The van der Waals surface area contributed by atoms with Crippen LogP contribution in [0, 0.1) is 0 Å². The predicted octanol–water partition coefficient (Wildman–Crippen LogP) is -0.168. The summed E-state index contributed by atoms with van der Waals surface area (Å²) in [4.78, 5) is 24.9. The van der Waals surface area contributed by atoms with Crippen molar-refractivity contribution >= 4 is 27.8 Å². The SMILES string of the molecule is CCOC(=O)CCCCCNC(=O)c1cc(OCC[N+](CC)(CC)CC)c(OCCBr)c(OCC[N+](CC)(CC)CC)c1.[Br-].[Br-]. The van der Waals surface area contributed by atoms with Gasteiger partial charge in [-0.3, -0.25) is 9.59 Å². The molecule has 9 nitrogen and oxygen atoms in total. The summed E-state index contributed by atoms with van der Waals surface area (Å²) < 4.78 is 25.8. The third-order valence-corrected chi connectivity index (χ3v) is 9.25. The number of hydrogen-bond acceptors (Lipinski definition) is 6. The molecule has 12 heteroatoms. The van der Waals surface area contributed by atoms with Gasteiger partial charge < -0.3 is 67.2 Å². The maximum atomic E-state index is 13.3. The van der Waals surface area contributed by atoms with Crippen molar-refractivity contribution in [3.8, 4) is 17.2 Å². The Labute approximate surface area is 302 Å². The van der Waals surface area contributed by atoms with Crippen molar-refractivity contribution in [2.24, 2.45) is 0 Å². The highest BCUT2D eigenvalue weighted by molar-refractivity contribution is 9.09. The molecule has 1 aromatic rings. The Morgan fingerprint density at radius 1 is 0.711 bits per heavy atom. The van der Waals surface area contributed by atoms with Crippen LogP contribution < -0.4 is 53.5 Å². The molecule has 0 radical (unpaired) electrons. The van der Waals surface area contributed by atoms with Crippen LogP contribution in [0.5, 0.6) is 17.2 Å². The third kappa shape index (κ3) is 16.0. The molecule has 1 rings (SSSR count). The minimum Gasteiger partial charge on any atom is -1.00 e. The summed E-state index contributed by atoms with van der Waals surface area (Å²) in [5.74, 6) is 1.24. The van der Waals surface area contributed by atoms with Crippen molar-refractivity contribution in [1.82, 2.24) is 5.32 Å². The van der Waals surface area contributed by atoms with Gasteiger partial charge in [-0.2, -0.15) is 0 Å². The van der Waals surface area contributed by atoms with E-state index in [0.29, 0.717) is 67.5 Å². The second kappa shape index (κ2) is 25.9. The van der Waals surface area contributed by atoms with Crippen LogP contribution in [-0.2, 0) is 9.53 Å². The Bertz CT molecular complexity index is 883. The molecule has 0 aromatic heterocycles. The summed E-state index contributed by atoms with van der Waals surface area (Å²) in [7, 11) is 0. The van der Waals surface area contributed by atoms with Gasteiger partial charge in [0.2, 0.25) is 5.75 Å². The van der Waals surface area contributed by atoms with E-state index in [4.69, 9.17) is 18.9 Å². The highest BCUT2D eigenvalue weighted by Gasteiger charge is 2.25. The van der Waals surface area contributed by atoms with Crippen LogP contribution in [0.2, 0.25) is 0 Å². The van der Waals surface area contributed by atoms with E-state index in [1.807, 2.05) is 6.92 Å². The number of benzene rings is 1. The van der Waals surface area contributed by atoms with Gasteiger partial charge in [0, 0.05) is 23.9 Å². The molecular weight excluding hydrogens is 774 g/mol. The first-order valence-corrected chi connectivity index (χ1v) is 17.6. The first-order chi connectivity index (χ1) is 20.7. The Balaban J connectivity index is 0. The number of alkyl halides is 1. The Kier molecular flexibility index (Phi) is 26.5. The van der Waals surface area contributed by atoms with E-state index in [9.17, 15) is 9.59 Å². The molecule has 264 valence electrons. The van der Waals surface area contributed by atoms with Crippen LogP contribution in [0.25, 0.3) is 0 Å². The predicted molar refractivity (Wildman–Crippen MR) is 178 cm³/mol.